The molecule has 0 saturated heterocycles. The highest BCUT2D eigenvalue weighted by Crippen LogP contribution is 2.07. The average Bonchev–Trinajstić information content (AvgIpc) is 2.37. The Morgan fingerprint density at radius 3 is 2.92 bits per heavy atom. The van der Waals surface area contributed by atoms with Crippen LogP contribution in [-0.4, -0.2) is 21.9 Å². The largest absolute Gasteiger partial charge is 0.300 e. The summed E-state index contributed by atoms with van der Waals surface area (Å²) in [6.45, 7) is 1.36. The first kappa shape index (κ1) is 8.79. The monoisotopic (exact) mass is 185 g/mol. The third-order valence-corrected chi connectivity index (χ3v) is 1.62. The summed E-state index contributed by atoms with van der Waals surface area (Å²) in [6.07, 6.45) is -0.112. The van der Waals surface area contributed by atoms with E-state index in [9.17, 15) is 9.59 Å². The maximum atomic E-state index is 10.9. The molecule has 1 N–H and O–H groups in total. The van der Waals surface area contributed by atoms with Crippen molar-refractivity contribution in [2.24, 2.45) is 0 Å². The highest BCUT2D eigenvalue weighted by Gasteiger charge is 2.06. The Labute approximate surface area is 72.8 Å². The summed E-state index contributed by atoms with van der Waals surface area (Å²) in [5, 5.41) is 9.97. The van der Waals surface area contributed by atoms with E-state index in [0.717, 1.165) is 0 Å². The molecule has 6 heteroatoms. The lowest BCUT2D eigenvalue weighted by Crippen LogP contribution is -2.14. The van der Waals surface area contributed by atoms with Gasteiger partial charge in [0.05, 0.1) is 6.42 Å². The summed E-state index contributed by atoms with van der Waals surface area (Å²) in [4.78, 5) is 21.4. The number of carbonyl (C=O) groups is 2. The number of carbonyl (C=O) groups excluding carboxylic acids is 2. The Kier molecular flexibility index (Phi) is 2.87. The van der Waals surface area contributed by atoms with Gasteiger partial charge in [-0.15, -0.1) is 10.2 Å². The fourth-order valence-corrected chi connectivity index (χ4v) is 1.08. The van der Waals surface area contributed by atoms with E-state index >= 15 is 0 Å². The number of nitrogens with zero attached hydrogens (tertiary/aromatic N) is 2. The fraction of sp³-hybridized carbons (Fsp3) is 0.333. The van der Waals surface area contributed by atoms with Crippen molar-refractivity contribution < 1.29 is 9.59 Å². The molecule has 0 fully saturated rings. The minimum absolute atomic E-state index is 0.112. The minimum Gasteiger partial charge on any atom is -0.300 e. The lowest BCUT2D eigenvalue weighted by molar-refractivity contribution is -0.124. The van der Waals surface area contributed by atoms with Gasteiger partial charge in [-0.05, 0) is 6.92 Å². The Hall–Kier alpha value is -1.30. The molecule has 5 nitrogen and oxygen atoms in total. The second-order valence-electron chi connectivity index (χ2n) is 2.17. The zero-order chi connectivity index (χ0) is 8.97. The van der Waals surface area contributed by atoms with Gasteiger partial charge in [-0.2, -0.15) is 0 Å². The number of ketones is 1. The number of amides is 1. The van der Waals surface area contributed by atoms with E-state index in [1.165, 1.54) is 23.8 Å². The Balaban J connectivity index is 2.42. The molecule has 0 atom stereocenters. The van der Waals surface area contributed by atoms with Crippen molar-refractivity contribution in [2.75, 3.05) is 5.32 Å². The van der Waals surface area contributed by atoms with Crippen LogP contribution in [0.4, 0.5) is 5.13 Å². The van der Waals surface area contributed by atoms with Crippen LogP contribution in [-0.2, 0) is 9.59 Å². The van der Waals surface area contributed by atoms with Gasteiger partial charge in [0.1, 0.15) is 11.3 Å². The molecule has 0 saturated carbocycles. The van der Waals surface area contributed by atoms with Gasteiger partial charge in [0, 0.05) is 0 Å². The third kappa shape index (κ3) is 2.75. The van der Waals surface area contributed by atoms with Crippen LogP contribution in [0.1, 0.15) is 13.3 Å². The average molecular weight is 185 g/mol. The second-order valence-corrected chi connectivity index (χ2v) is 3.00. The second kappa shape index (κ2) is 3.91. The van der Waals surface area contributed by atoms with Crippen LogP contribution >= 0.6 is 11.3 Å². The van der Waals surface area contributed by atoms with E-state index in [-0.39, 0.29) is 18.1 Å². The fourth-order valence-electron chi connectivity index (χ4n) is 0.617. The van der Waals surface area contributed by atoms with Crippen LogP contribution in [0.3, 0.4) is 0 Å². The number of Topliss-reactive ketones (excluding diaryl/α,β-unsaturated/α-hetero) is 1. The van der Waals surface area contributed by atoms with Crippen LogP contribution in [0.25, 0.3) is 0 Å². The quantitative estimate of drug-likeness (QED) is 0.694. The zero-order valence-electron chi connectivity index (χ0n) is 6.40. The maximum Gasteiger partial charge on any atom is 0.233 e. The summed E-state index contributed by atoms with van der Waals surface area (Å²) in [6, 6.07) is 0. The van der Waals surface area contributed by atoms with E-state index in [2.05, 4.69) is 15.5 Å². The predicted molar refractivity (Wildman–Crippen MR) is 43.8 cm³/mol. The minimum atomic E-state index is -0.348. The predicted octanol–water partition coefficient (Wildman–Crippen LogP) is 0.456. The number of anilines is 1. The van der Waals surface area contributed by atoms with Crippen LogP contribution < -0.4 is 5.32 Å². The van der Waals surface area contributed by atoms with Gasteiger partial charge in [-0.3, -0.25) is 9.59 Å². The normalized spacial score (nSPS) is 9.42. The van der Waals surface area contributed by atoms with Gasteiger partial charge in [0.25, 0.3) is 0 Å². The zero-order valence-corrected chi connectivity index (χ0v) is 7.22. The molecule has 1 aromatic rings. The van der Waals surface area contributed by atoms with Crippen molar-refractivity contribution in [3.63, 3.8) is 0 Å². The first-order valence-corrected chi connectivity index (χ1v) is 4.12. The highest BCUT2D eigenvalue weighted by molar-refractivity contribution is 7.13. The van der Waals surface area contributed by atoms with Crippen molar-refractivity contribution in [1.29, 1.82) is 0 Å². The van der Waals surface area contributed by atoms with Crippen LogP contribution in [0.15, 0.2) is 5.51 Å². The van der Waals surface area contributed by atoms with Crippen molar-refractivity contribution >= 4 is 28.2 Å². The highest BCUT2D eigenvalue weighted by atomic mass is 32.1. The Morgan fingerprint density at radius 1 is 1.67 bits per heavy atom. The molecular formula is C6H7N3O2S. The lowest BCUT2D eigenvalue weighted by Gasteiger charge is -1.96. The van der Waals surface area contributed by atoms with Crippen molar-refractivity contribution in [3.8, 4) is 0 Å². The van der Waals surface area contributed by atoms with E-state index < -0.39 is 0 Å². The molecule has 1 rings (SSSR count). The Bertz CT molecular complexity index is 283. The number of aromatic nitrogens is 2. The Morgan fingerprint density at radius 2 is 2.42 bits per heavy atom. The maximum absolute atomic E-state index is 10.9. The molecule has 0 aliphatic rings. The molecule has 0 unspecified atom stereocenters. The SMILES string of the molecule is CC(=O)CC(=O)Nc1nncs1. The third-order valence-electron chi connectivity index (χ3n) is 1.02. The number of rotatable bonds is 3. The van der Waals surface area contributed by atoms with Gasteiger partial charge in [-0.25, -0.2) is 0 Å². The van der Waals surface area contributed by atoms with Gasteiger partial charge < -0.3 is 5.32 Å². The van der Waals surface area contributed by atoms with Crippen molar-refractivity contribution in [3.05, 3.63) is 5.51 Å². The molecule has 0 aliphatic heterocycles. The molecule has 0 aromatic carbocycles. The van der Waals surface area contributed by atoms with Crippen LogP contribution in [0.2, 0.25) is 0 Å². The summed E-state index contributed by atoms with van der Waals surface area (Å²) in [7, 11) is 0. The smallest absolute Gasteiger partial charge is 0.233 e. The molecule has 64 valence electrons. The van der Waals surface area contributed by atoms with Gasteiger partial charge in [0.15, 0.2) is 0 Å². The molecule has 0 aliphatic carbocycles. The molecular weight excluding hydrogens is 178 g/mol. The van der Waals surface area contributed by atoms with E-state index in [4.69, 9.17) is 0 Å². The number of hydrogen-bond acceptors (Lipinski definition) is 5. The van der Waals surface area contributed by atoms with Crippen molar-refractivity contribution in [2.45, 2.75) is 13.3 Å². The molecule has 1 aromatic heterocycles. The summed E-state index contributed by atoms with van der Waals surface area (Å²) in [5.41, 5.74) is 1.50. The molecule has 1 amide bonds. The van der Waals surface area contributed by atoms with Crippen LogP contribution in [0, 0.1) is 0 Å². The van der Waals surface area contributed by atoms with E-state index in [1.807, 2.05) is 0 Å². The lowest BCUT2D eigenvalue weighted by atomic mass is 10.3. The van der Waals surface area contributed by atoms with E-state index in [1.54, 1.807) is 0 Å². The summed E-state index contributed by atoms with van der Waals surface area (Å²) < 4.78 is 0. The van der Waals surface area contributed by atoms with Crippen molar-refractivity contribution in [1.82, 2.24) is 10.2 Å². The van der Waals surface area contributed by atoms with Gasteiger partial charge >= 0.3 is 0 Å². The first-order valence-electron chi connectivity index (χ1n) is 3.24. The molecule has 0 spiro atoms. The summed E-state index contributed by atoms with van der Waals surface area (Å²) in [5.74, 6) is -0.517. The van der Waals surface area contributed by atoms with Gasteiger partial charge in [-0.1, -0.05) is 11.3 Å². The first-order chi connectivity index (χ1) is 5.68. The van der Waals surface area contributed by atoms with Gasteiger partial charge in [0.2, 0.25) is 11.0 Å². The van der Waals surface area contributed by atoms with Crippen LogP contribution in [0.5, 0.6) is 0 Å². The molecule has 0 bridgehead atoms. The number of hydrogen-bond donors (Lipinski definition) is 1. The topological polar surface area (TPSA) is 72.0 Å². The number of nitrogens with one attached hydrogen (secondary N) is 1. The standard InChI is InChI=1S/C6H7N3O2S/c1-4(10)2-5(11)8-6-9-7-3-12-6/h3H,2H2,1H3,(H,8,9,11). The molecule has 12 heavy (non-hydrogen) atoms. The molecule has 1 heterocycles. The summed E-state index contributed by atoms with van der Waals surface area (Å²) >= 11 is 1.21. The molecule has 0 radical (unpaired) electrons. The van der Waals surface area contributed by atoms with E-state index in [0.29, 0.717) is 5.13 Å².